The molecule has 1 atom stereocenters. The monoisotopic (exact) mass is 358 g/mol. The number of nitrogens with zero attached hydrogens (tertiary/aromatic N) is 4. The molecule has 0 aromatic carbocycles. The highest BCUT2D eigenvalue weighted by Crippen LogP contribution is 2.26. The normalized spacial score (nSPS) is 22.7. The summed E-state index contributed by atoms with van der Waals surface area (Å²) in [5, 5.41) is 7.06. The third-order valence-electron chi connectivity index (χ3n) is 5.58. The van der Waals surface area contributed by atoms with Crippen LogP contribution in [0.4, 0.5) is 0 Å². The van der Waals surface area contributed by atoms with Crippen molar-refractivity contribution in [1.82, 2.24) is 19.6 Å². The summed E-state index contributed by atoms with van der Waals surface area (Å²) in [6, 6.07) is 5.17. The van der Waals surface area contributed by atoms with E-state index in [4.69, 9.17) is 0 Å². The molecular formula is C20H30N4S. The average Bonchev–Trinajstić information content (AvgIpc) is 3.30. The SMILES string of the molecule is Cc1cc(C)n(C2CCN(Cc3cc(CN4CCCCC4)cs3)C2)n1. The lowest BCUT2D eigenvalue weighted by Gasteiger charge is -2.25. The minimum absolute atomic E-state index is 0.543. The molecule has 0 spiro atoms. The second kappa shape index (κ2) is 7.60. The molecule has 4 heterocycles. The Bertz CT molecular complexity index is 698. The van der Waals surface area contributed by atoms with Gasteiger partial charge in [-0.15, -0.1) is 11.3 Å². The molecule has 2 aliphatic rings. The summed E-state index contributed by atoms with van der Waals surface area (Å²) in [5.74, 6) is 0. The third kappa shape index (κ3) is 4.15. The minimum atomic E-state index is 0.543. The van der Waals surface area contributed by atoms with Crippen molar-refractivity contribution in [2.75, 3.05) is 26.2 Å². The van der Waals surface area contributed by atoms with Crippen LogP contribution in [0.2, 0.25) is 0 Å². The Kier molecular flexibility index (Phi) is 5.25. The highest BCUT2D eigenvalue weighted by molar-refractivity contribution is 7.10. The molecule has 2 saturated heterocycles. The summed E-state index contributed by atoms with van der Waals surface area (Å²) in [5.41, 5.74) is 3.94. The molecule has 0 saturated carbocycles. The molecule has 2 fully saturated rings. The van der Waals surface area contributed by atoms with Crippen LogP contribution in [0.25, 0.3) is 0 Å². The molecule has 4 nitrogen and oxygen atoms in total. The van der Waals surface area contributed by atoms with E-state index < -0.39 is 0 Å². The summed E-state index contributed by atoms with van der Waals surface area (Å²) >= 11 is 1.94. The van der Waals surface area contributed by atoms with Gasteiger partial charge in [-0.05, 0) is 69.3 Å². The third-order valence-corrected chi connectivity index (χ3v) is 6.55. The van der Waals surface area contributed by atoms with E-state index in [9.17, 15) is 0 Å². The molecule has 0 N–H and O–H groups in total. The van der Waals surface area contributed by atoms with Crippen LogP contribution in [-0.4, -0.2) is 45.8 Å². The lowest BCUT2D eigenvalue weighted by molar-refractivity contribution is 0.221. The van der Waals surface area contributed by atoms with Gasteiger partial charge < -0.3 is 0 Å². The van der Waals surface area contributed by atoms with Crippen LogP contribution in [0.3, 0.4) is 0 Å². The van der Waals surface area contributed by atoms with Gasteiger partial charge in [0.05, 0.1) is 11.7 Å². The van der Waals surface area contributed by atoms with Gasteiger partial charge >= 0.3 is 0 Å². The van der Waals surface area contributed by atoms with Crippen LogP contribution in [0.15, 0.2) is 17.5 Å². The highest BCUT2D eigenvalue weighted by atomic mass is 32.1. The van der Waals surface area contributed by atoms with E-state index in [0.717, 1.165) is 25.3 Å². The number of rotatable bonds is 5. The Morgan fingerprint density at radius 2 is 1.88 bits per heavy atom. The smallest absolute Gasteiger partial charge is 0.0661 e. The number of hydrogen-bond donors (Lipinski definition) is 0. The van der Waals surface area contributed by atoms with Crippen molar-refractivity contribution in [3.8, 4) is 0 Å². The van der Waals surface area contributed by atoms with E-state index in [0.29, 0.717) is 6.04 Å². The van der Waals surface area contributed by atoms with Gasteiger partial charge in [-0.1, -0.05) is 6.42 Å². The van der Waals surface area contributed by atoms with Crippen molar-refractivity contribution >= 4 is 11.3 Å². The van der Waals surface area contributed by atoms with Gasteiger partial charge in [-0.2, -0.15) is 5.10 Å². The van der Waals surface area contributed by atoms with E-state index in [-0.39, 0.29) is 0 Å². The second-order valence-electron chi connectivity index (χ2n) is 7.81. The number of hydrogen-bond acceptors (Lipinski definition) is 4. The van der Waals surface area contributed by atoms with Crippen molar-refractivity contribution in [3.63, 3.8) is 0 Å². The molecule has 0 radical (unpaired) electrons. The molecule has 0 amide bonds. The first-order valence-corrected chi connectivity index (χ1v) is 10.6. The zero-order valence-corrected chi connectivity index (χ0v) is 16.4. The van der Waals surface area contributed by atoms with Gasteiger partial charge in [0.25, 0.3) is 0 Å². The fourth-order valence-electron chi connectivity index (χ4n) is 4.36. The first-order chi connectivity index (χ1) is 12.2. The van der Waals surface area contributed by atoms with Crippen LogP contribution in [0, 0.1) is 13.8 Å². The van der Waals surface area contributed by atoms with E-state index in [1.54, 1.807) is 0 Å². The molecular weight excluding hydrogens is 328 g/mol. The quantitative estimate of drug-likeness (QED) is 0.807. The van der Waals surface area contributed by atoms with Crippen molar-refractivity contribution in [3.05, 3.63) is 39.3 Å². The maximum absolute atomic E-state index is 4.69. The Morgan fingerprint density at radius 1 is 1.04 bits per heavy atom. The zero-order chi connectivity index (χ0) is 17.2. The number of likely N-dealkylation sites (tertiary alicyclic amines) is 2. The van der Waals surface area contributed by atoms with Crippen molar-refractivity contribution in [2.24, 2.45) is 0 Å². The summed E-state index contributed by atoms with van der Waals surface area (Å²) in [6.07, 6.45) is 5.38. The van der Waals surface area contributed by atoms with Crippen LogP contribution in [-0.2, 0) is 13.1 Å². The van der Waals surface area contributed by atoms with E-state index in [2.05, 4.69) is 50.9 Å². The molecule has 2 aromatic rings. The molecule has 0 aliphatic carbocycles. The topological polar surface area (TPSA) is 24.3 Å². The van der Waals surface area contributed by atoms with Crippen LogP contribution in [0.5, 0.6) is 0 Å². The number of thiophene rings is 1. The largest absolute Gasteiger partial charge is 0.299 e. The van der Waals surface area contributed by atoms with Crippen LogP contribution >= 0.6 is 11.3 Å². The van der Waals surface area contributed by atoms with Gasteiger partial charge in [-0.3, -0.25) is 14.5 Å². The summed E-state index contributed by atoms with van der Waals surface area (Å²) < 4.78 is 2.24. The minimum Gasteiger partial charge on any atom is -0.299 e. The Labute approximate surface area is 155 Å². The second-order valence-corrected chi connectivity index (χ2v) is 8.80. The zero-order valence-electron chi connectivity index (χ0n) is 15.6. The number of piperidine rings is 1. The predicted octanol–water partition coefficient (Wildman–Crippen LogP) is 3.99. The molecule has 4 rings (SSSR count). The van der Waals surface area contributed by atoms with Gasteiger partial charge in [0.1, 0.15) is 0 Å². The van der Waals surface area contributed by atoms with Gasteiger partial charge in [0.2, 0.25) is 0 Å². The van der Waals surface area contributed by atoms with Gasteiger partial charge in [0.15, 0.2) is 0 Å². The number of aryl methyl sites for hydroxylation is 2. The fraction of sp³-hybridized carbons (Fsp3) is 0.650. The molecule has 5 heteroatoms. The van der Waals surface area contributed by atoms with E-state index >= 15 is 0 Å². The first kappa shape index (κ1) is 17.3. The van der Waals surface area contributed by atoms with Gasteiger partial charge in [-0.25, -0.2) is 0 Å². The molecule has 25 heavy (non-hydrogen) atoms. The maximum atomic E-state index is 4.69. The van der Waals surface area contributed by atoms with Crippen molar-refractivity contribution < 1.29 is 0 Å². The first-order valence-electron chi connectivity index (χ1n) is 9.71. The maximum Gasteiger partial charge on any atom is 0.0661 e. The lowest BCUT2D eigenvalue weighted by Crippen LogP contribution is -2.28. The van der Waals surface area contributed by atoms with E-state index in [1.807, 2.05) is 11.3 Å². The summed E-state index contributed by atoms with van der Waals surface area (Å²) in [6.45, 7) is 11.4. The molecule has 0 bridgehead atoms. The van der Waals surface area contributed by atoms with E-state index in [1.165, 1.54) is 61.5 Å². The Balaban J connectivity index is 1.31. The van der Waals surface area contributed by atoms with Crippen molar-refractivity contribution in [2.45, 2.75) is 58.7 Å². The Morgan fingerprint density at radius 3 is 2.64 bits per heavy atom. The predicted molar refractivity (Wildman–Crippen MR) is 104 cm³/mol. The Hall–Kier alpha value is -1.17. The number of aromatic nitrogens is 2. The van der Waals surface area contributed by atoms with Crippen molar-refractivity contribution in [1.29, 1.82) is 0 Å². The molecule has 2 aliphatic heterocycles. The summed E-state index contributed by atoms with van der Waals surface area (Å²) in [4.78, 5) is 6.72. The summed E-state index contributed by atoms with van der Waals surface area (Å²) in [7, 11) is 0. The fourth-order valence-corrected chi connectivity index (χ4v) is 5.28. The standard InChI is InChI=1S/C20H30N4S/c1-16-10-17(2)24(21-16)19-6-9-23(13-19)14-20-11-18(15-25-20)12-22-7-4-3-5-8-22/h10-11,15,19H,3-9,12-14H2,1-2H3. The molecule has 1 unspecified atom stereocenters. The average molecular weight is 359 g/mol. The molecule has 136 valence electrons. The van der Waals surface area contributed by atoms with Crippen LogP contribution < -0.4 is 0 Å². The lowest BCUT2D eigenvalue weighted by atomic mass is 10.1. The van der Waals surface area contributed by atoms with Crippen LogP contribution in [0.1, 0.15) is 53.6 Å². The highest BCUT2D eigenvalue weighted by Gasteiger charge is 2.25. The molecule has 2 aromatic heterocycles. The van der Waals surface area contributed by atoms with Gasteiger partial charge in [0, 0.05) is 36.8 Å².